The van der Waals surface area contributed by atoms with Gasteiger partial charge in [-0.1, -0.05) is 25.0 Å². The Hall–Kier alpha value is -1.07. The zero-order valence-electron chi connectivity index (χ0n) is 9.81. The summed E-state index contributed by atoms with van der Waals surface area (Å²) in [6, 6.07) is 4.74. The molecular weight excluding hydrogens is 238 g/mol. The molecule has 4 nitrogen and oxygen atoms in total. The molecule has 1 aliphatic carbocycles. The summed E-state index contributed by atoms with van der Waals surface area (Å²) >= 11 is 0. The Bertz CT molecular complexity index is 531. The van der Waals surface area contributed by atoms with Gasteiger partial charge < -0.3 is 10.8 Å². The third kappa shape index (κ3) is 2.17. The minimum Gasteiger partial charge on any atom is -0.507 e. The van der Waals surface area contributed by atoms with Crippen LogP contribution < -0.4 is 5.73 Å². The van der Waals surface area contributed by atoms with E-state index in [1.54, 1.807) is 12.1 Å². The number of sulfone groups is 1. The summed E-state index contributed by atoms with van der Waals surface area (Å²) in [4.78, 5) is -0.00981. The van der Waals surface area contributed by atoms with Crippen molar-refractivity contribution >= 4 is 9.84 Å². The Labute approximate surface area is 101 Å². The number of hydrogen-bond acceptors (Lipinski definition) is 4. The van der Waals surface area contributed by atoms with Crippen LogP contribution in [0.3, 0.4) is 0 Å². The molecule has 2 rings (SSSR count). The molecule has 1 aromatic carbocycles. The maximum atomic E-state index is 11.8. The molecule has 0 unspecified atom stereocenters. The van der Waals surface area contributed by atoms with Crippen LogP contribution in [0.1, 0.15) is 31.2 Å². The number of nitrogens with two attached hydrogens (primary N) is 1. The maximum absolute atomic E-state index is 11.8. The van der Waals surface area contributed by atoms with E-state index in [0.717, 1.165) is 31.9 Å². The van der Waals surface area contributed by atoms with Crippen molar-refractivity contribution in [2.24, 2.45) is 5.73 Å². The van der Waals surface area contributed by atoms with E-state index in [0.29, 0.717) is 5.56 Å². The molecule has 1 aliphatic rings. The molecule has 0 radical (unpaired) electrons. The monoisotopic (exact) mass is 255 g/mol. The second-order valence-corrected chi connectivity index (χ2v) is 6.74. The average Bonchev–Trinajstić information content (AvgIpc) is 2.64. The fraction of sp³-hybridized carbons (Fsp3) is 0.500. The maximum Gasteiger partial charge on any atom is 0.179 e. The summed E-state index contributed by atoms with van der Waals surface area (Å²) in [7, 11) is -3.47. The molecule has 3 N–H and O–H groups in total. The molecule has 0 saturated heterocycles. The van der Waals surface area contributed by atoms with Gasteiger partial charge in [0.2, 0.25) is 0 Å². The summed E-state index contributed by atoms with van der Waals surface area (Å²) in [6.07, 6.45) is 4.62. The van der Waals surface area contributed by atoms with Crippen LogP contribution >= 0.6 is 0 Å². The first-order valence-electron chi connectivity index (χ1n) is 5.66. The molecule has 0 bridgehead atoms. The van der Waals surface area contributed by atoms with Crippen LogP contribution in [0.4, 0.5) is 0 Å². The Morgan fingerprint density at radius 2 is 1.88 bits per heavy atom. The highest BCUT2D eigenvalue weighted by Gasteiger charge is 2.36. The summed E-state index contributed by atoms with van der Waals surface area (Å²) in [5.74, 6) is -0.207. The molecular formula is C12H17NO3S. The first-order chi connectivity index (χ1) is 7.84. The number of aromatic hydroxyl groups is 1. The Balaban J connectivity index is 2.66. The molecule has 0 spiro atoms. The normalized spacial score (nSPS) is 19.4. The quantitative estimate of drug-likeness (QED) is 0.839. The predicted molar refractivity (Wildman–Crippen MR) is 65.6 cm³/mol. The van der Waals surface area contributed by atoms with Crippen LogP contribution in [-0.2, 0) is 15.4 Å². The summed E-state index contributed by atoms with van der Waals surface area (Å²) < 4.78 is 23.5. The van der Waals surface area contributed by atoms with E-state index >= 15 is 0 Å². The highest BCUT2D eigenvalue weighted by Crippen LogP contribution is 2.41. The van der Waals surface area contributed by atoms with Crippen LogP contribution in [0, 0.1) is 0 Å². The summed E-state index contributed by atoms with van der Waals surface area (Å²) in [5.41, 5.74) is 6.21. The van der Waals surface area contributed by atoms with Gasteiger partial charge in [-0.25, -0.2) is 8.42 Å². The third-order valence-electron chi connectivity index (χ3n) is 3.40. The topological polar surface area (TPSA) is 80.4 Å². The van der Waals surface area contributed by atoms with Crippen molar-refractivity contribution < 1.29 is 13.5 Å². The number of benzene rings is 1. The lowest BCUT2D eigenvalue weighted by Crippen LogP contribution is -2.34. The second kappa shape index (κ2) is 3.99. The molecule has 0 aromatic heterocycles. The van der Waals surface area contributed by atoms with Crippen molar-refractivity contribution in [3.63, 3.8) is 0 Å². The molecule has 1 saturated carbocycles. The smallest absolute Gasteiger partial charge is 0.179 e. The highest BCUT2D eigenvalue weighted by molar-refractivity contribution is 7.90. The van der Waals surface area contributed by atoms with Crippen molar-refractivity contribution in [2.75, 3.05) is 6.26 Å². The SMILES string of the molecule is CS(=O)(=O)c1c(O)cccc1C1(N)CCCC1. The standard InChI is InChI=1S/C12H17NO3S/c1-17(15,16)11-9(5-4-6-10(11)14)12(13)7-2-3-8-12/h4-6,14H,2-3,7-8,13H2,1H3. The van der Waals surface area contributed by atoms with E-state index in [1.807, 2.05) is 0 Å². The average molecular weight is 255 g/mol. The van der Waals surface area contributed by atoms with Crippen molar-refractivity contribution in [1.29, 1.82) is 0 Å². The lowest BCUT2D eigenvalue weighted by molar-refractivity contribution is 0.424. The van der Waals surface area contributed by atoms with Crippen LogP contribution in [0.25, 0.3) is 0 Å². The van der Waals surface area contributed by atoms with Crippen LogP contribution in [0.15, 0.2) is 23.1 Å². The van der Waals surface area contributed by atoms with E-state index in [1.165, 1.54) is 6.07 Å². The summed E-state index contributed by atoms with van der Waals surface area (Å²) in [6.45, 7) is 0. The fourth-order valence-electron chi connectivity index (χ4n) is 2.58. The lowest BCUT2D eigenvalue weighted by Gasteiger charge is -2.26. The van der Waals surface area contributed by atoms with Crippen molar-refractivity contribution in [1.82, 2.24) is 0 Å². The molecule has 0 aliphatic heterocycles. The lowest BCUT2D eigenvalue weighted by atomic mass is 9.89. The van der Waals surface area contributed by atoms with Gasteiger partial charge in [0.1, 0.15) is 10.6 Å². The van der Waals surface area contributed by atoms with Crippen LogP contribution in [0.5, 0.6) is 5.75 Å². The number of phenols is 1. The highest BCUT2D eigenvalue weighted by atomic mass is 32.2. The van der Waals surface area contributed by atoms with Gasteiger partial charge in [0.15, 0.2) is 9.84 Å². The van der Waals surface area contributed by atoms with Gasteiger partial charge in [0.25, 0.3) is 0 Å². The molecule has 94 valence electrons. The van der Waals surface area contributed by atoms with E-state index < -0.39 is 15.4 Å². The van der Waals surface area contributed by atoms with E-state index in [-0.39, 0.29) is 10.6 Å². The Kier molecular flexibility index (Phi) is 2.91. The Morgan fingerprint density at radius 1 is 1.29 bits per heavy atom. The van der Waals surface area contributed by atoms with Gasteiger partial charge in [-0.05, 0) is 24.5 Å². The number of hydrogen-bond donors (Lipinski definition) is 2. The number of rotatable bonds is 2. The largest absolute Gasteiger partial charge is 0.507 e. The zero-order valence-corrected chi connectivity index (χ0v) is 10.6. The molecule has 0 heterocycles. The zero-order chi connectivity index (χ0) is 12.7. The van der Waals surface area contributed by atoms with Gasteiger partial charge >= 0.3 is 0 Å². The summed E-state index contributed by atoms with van der Waals surface area (Å²) in [5, 5.41) is 9.77. The molecule has 0 amide bonds. The minimum absolute atomic E-state index is 0.00981. The molecule has 0 atom stereocenters. The van der Waals surface area contributed by atoms with E-state index in [2.05, 4.69) is 0 Å². The predicted octanol–water partition coefficient (Wildman–Crippen LogP) is 1.52. The van der Waals surface area contributed by atoms with E-state index in [9.17, 15) is 13.5 Å². The molecule has 1 fully saturated rings. The minimum atomic E-state index is -3.47. The van der Waals surface area contributed by atoms with E-state index in [4.69, 9.17) is 5.73 Å². The van der Waals surface area contributed by atoms with Crippen LogP contribution in [-0.4, -0.2) is 19.8 Å². The van der Waals surface area contributed by atoms with Gasteiger partial charge in [-0.3, -0.25) is 0 Å². The van der Waals surface area contributed by atoms with Crippen LogP contribution in [0.2, 0.25) is 0 Å². The first-order valence-corrected chi connectivity index (χ1v) is 7.55. The van der Waals surface area contributed by atoms with Gasteiger partial charge in [-0.2, -0.15) is 0 Å². The van der Waals surface area contributed by atoms with Gasteiger partial charge in [-0.15, -0.1) is 0 Å². The molecule has 17 heavy (non-hydrogen) atoms. The van der Waals surface area contributed by atoms with Gasteiger partial charge in [0, 0.05) is 11.8 Å². The third-order valence-corrected chi connectivity index (χ3v) is 4.57. The van der Waals surface area contributed by atoms with Gasteiger partial charge in [0.05, 0.1) is 0 Å². The van der Waals surface area contributed by atoms with Crippen molar-refractivity contribution in [3.8, 4) is 5.75 Å². The molecule has 5 heteroatoms. The molecule has 1 aromatic rings. The first kappa shape index (κ1) is 12.4. The number of phenolic OH excluding ortho intramolecular Hbond substituents is 1. The van der Waals surface area contributed by atoms with Crippen molar-refractivity contribution in [3.05, 3.63) is 23.8 Å². The van der Waals surface area contributed by atoms with Crippen molar-refractivity contribution in [2.45, 2.75) is 36.1 Å². The fourth-order valence-corrected chi connectivity index (χ4v) is 3.70. The second-order valence-electron chi connectivity index (χ2n) is 4.79. The Morgan fingerprint density at radius 3 is 2.41 bits per heavy atom.